The molecule has 5 nitrogen and oxygen atoms in total. The maximum Gasteiger partial charge on any atom is 0.254 e. The second kappa shape index (κ2) is 5.30. The monoisotopic (exact) mass is 319 g/mol. The molecule has 0 N–H and O–H groups in total. The van der Waals surface area contributed by atoms with Crippen LogP contribution in [0, 0.1) is 6.92 Å². The van der Waals surface area contributed by atoms with Crippen LogP contribution in [0.15, 0.2) is 24.3 Å². The molecule has 1 fully saturated rings. The van der Waals surface area contributed by atoms with E-state index in [9.17, 15) is 0 Å². The minimum atomic E-state index is 0.744. The highest BCUT2D eigenvalue weighted by Gasteiger charge is 2.27. The molecule has 122 valence electrons. The largest absolute Gasteiger partial charge is 0.356 e. The van der Waals surface area contributed by atoms with Crippen LogP contribution in [0.2, 0.25) is 0 Å². The second-order valence-electron chi connectivity index (χ2n) is 6.92. The second-order valence-corrected chi connectivity index (χ2v) is 6.92. The highest BCUT2D eigenvalue weighted by Crippen LogP contribution is 2.33. The third-order valence-corrected chi connectivity index (χ3v) is 5.20. The normalized spacial score (nSPS) is 17.0. The van der Waals surface area contributed by atoms with Crippen LogP contribution in [0.5, 0.6) is 0 Å². The molecule has 5 heteroatoms. The van der Waals surface area contributed by atoms with Gasteiger partial charge in [-0.15, -0.1) is 5.10 Å². The summed E-state index contributed by atoms with van der Waals surface area (Å²) in [5, 5.41) is 4.84. The Morgan fingerprint density at radius 2 is 1.71 bits per heavy atom. The van der Waals surface area contributed by atoms with E-state index in [1.165, 1.54) is 41.9 Å². The molecule has 0 bridgehead atoms. The Morgan fingerprint density at radius 1 is 0.917 bits per heavy atom. The summed E-state index contributed by atoms with van der Waals surface area (Å²) in [5.41, 5.74) is 4.92. The molecule has 2 aromatic heterocycles. The van der Waals surface area contributed by atoms with Gasteiger partial charge < -0.3 is 4.90 Å². The fourth-order valence-corrected chi connectivity index (χ4v) is 3.94. The van der Waals surface area contributed by atoms with Crippen molar-refractivity contribution in [3.8, 4) is 11.4 Å². The van der Waals surface area contributed by atoms with Crippen molar-refractivity contribution in [3.63, 3.8) is 0 Å². The van der Waals surface area contributed by atoms with E-state index in [0.29, 0.717) is 0 Å². The van der Waals surface area contributed by atoms with Crippen LogP contribution in [-0.2, 0) is 12.8 Å². The van der Waals surface area contributed by atoms with Gasteiger partial charge in [0.2, 0.25) is 0 Å². The predicted octanol–water partition coefficient (Wildman–Crippen LogP) is 3.19. The lowest BCUT2D eigenvalue weighted by Crippen LogP contribution is -2.23. The number of anilines is 1. The van der Waals surface area contributed by atoms with Crippen molar-refractivity contribution in [2.24, 2.45) is 0 Å². The summed E-state index contributed by atoms with van der Waals surface area (Å²) in [6.07, 6.45) is 5.90. The zero-order chi connectivity index (χ0) is 16.1. The molecular weight excluding hydrogens is 298 g/mol. The van der Waals surface area contributed by atoms with Crippen LogP contribution in [0.3, 0.4) is 0 Å². The summed E-state index contributed by atoms with van der Waals surface area (Å²) in [6, 6.07) is 8.40. The first kappa shape index (κ1) is 14.0. The van der Waals surface area contributed by atoms with Crippen LogP contribution >= 0.6 is 0 Å². The Morgan fingerprint density at radius 3 is 2.50 bits per heavy atom. The molecule has 3 heterocycles. The fraction of sp³-hybridized carbons (Fsp3) is 0.421. The summed E-state index contributed by atoms with van der Waals surface area (Å²) in [7, 11) is 0. The molecular formula is C19H21N5. The molecule has 0 atom stereocenters. The molecule has 0 unspecified atom stereocenters. The zero-order valence-corrected chi connectivity index (χ0v) is 14.0. The van der Waals surface area contributed by atoms with Crippen LogP contribution in [0.1, 0.15) is 36.1 Å². The van der Waals surface area contributed by atoms with E-state index in [1.807, 2.05) is 4.52 Å². The Balaban J connectivity index is 1.71. The van der Waals surface area contributed by atoms with E-state index in [-0.39, 0.29) is 0 Å². The summed E-state index contributed by atoms with van der Waals surface area (Å²) in [6.45, 7) is 4.33. The molecule has 1 aromatic carbocycles. The van der Waals surface area contributed by atoms with Gasteiger partial charge in [0.1, 0.15) is 5.82 Å². The third-order valence-electron chi connectivity index (χ3n) is 5.20. The van der Waals surface area contributed by atoms with Gasteiger partial charge in [0.25, 0.3) is 5.78 Å². The van der Waals surface area contributed by atoms with E-state index in [1.54, 1.807) is 0 Å². The fourth-order valence-electron chi connectivity index (χ4n) is 3.94. The highest BCUT2D eigenvalue weighted by molar-refractivity contribution is 5.62. The van der Waals surface area contributed by atoms with Crippen molar-refractivity contribution >= 4 is 11.6 Å². The maximum atomic E-state index is 4.84. The molecule has 1 aliphatic carbocycles. The van der Waals surface area contributed by atoms with Crippen LogP contribution in [0.4, 0.5) is 5.82 Å². The number of hydrogen-bond donors (Lipinski definition) is 0. The number of aromatic nitrogens is 4. The van der Waals surface area contributed by atoms with E-state index >= 15 is 0 Å². The van der Waals surface area contributed by atoms with Gasteiger partial charge in [0, 0.05) is 24.2 Å². The number of nitrogens with zero attached hydrogens (tertiary/aromatic N) is 5. The smallest absolute Gasteiger partial charge is 0.254 e. The zero-order valence-electron chi connectivity index (χ0n) is 14.0. The number of aryl methyl sites for hydroxylation is 2. The standard InChI is InChI=1S/C19H21N5/c1-13-7-9-14(10-8-13)17-21-19-20-16-6-4-5-15(16)18(24(19)22-17)23-11-2-3-12-23/h7-10H,2-6,11-12H2,1H3. The molecule has 1 saturated heterocycles. The topological polar surface area (TPSA) is 46.3 Å². The minimum absolute atomic E-state index is 0.744. The van der Waals surface area contributed by atoms with Gasteiger partial charge >= 0.3 is 0 Å². The highest BCUT2D eigenvalue weighted by atomic mass is 15.4. The number of benzene rings is 1. The first-order valence-electron chi connectivity index (χ1n) is 8.90. The predicted molar refractivity (Wildman–Crippen MR) is 94.4 cm³/mol. The molecule has 24 heavy (non-hydrogen) atoms. The summed E-state index contributed by atoms with van der Waals surface area (Å²) < 4.78 is 1.99. The summed E-state index contributed by atoms with van der Waals surface area (Å²) >= 11 is 0. The average molecular weight is 319 g/mol. The molecule has 0 saturated carbocycles. The molecule has 0 spiro atoms. The van der Waals surface area contributed by atoms with Crippen LogP contribution in [-0.4, -0.2) is 32.7 Å². The minimum Gasteiger partial charge on any atom is -0.356 e. The molecule has 0 radical (unpaired) electrons. The van der Waals surface area contributed by atoms with Crippen molar-refractivity contribution in [2.75, 3.05) is 18.0 Å². The van der Waals surface area contributed by atoms with Crippen molar-refractivity contribution < 1.29 is 0 Å². The van der Waals surface area contributed by atoms with E-state index in [2.05, 4.69) is 36.1 Å². The molecule has 0 amide bonds. The van der Waals surface area contributed by atoms with E-state index in [4.69, 9.17) is 15.1 Å². The number of fused-ring (bicyclic) bond motifs is 2. The van der Waals surface area contributed by atoms with Crippen LogP contribution < -0.4 is 4.90 Å². The van der Waals surface area contributed by atoms with Crippen molar-refractivity contribution in [3.05, 3.63) is 41.1 Å². The molecule has 1 aliphatic heterocycles. The summed E-state index contributed by atoms with van der Waals surface area (Å²) in [4.78, 5) is 12.0. The molecule has 2 aliphatic rings. The van der Waals surface area contributed by atoms with E-state index in [0.717, 1.165) is 43.1 Å². The Kier molecular flexibility index (Phi) is 3.08. The van der Waals surface area contributed by atoms with Gasteiger partial charge in [-0.3, -0.25) is 0 Å². The average Bonchev–Trinajstić information content (AvgIpc) is 3.33. The number of hydrogen-bond acceptors (Lipinski definition) is 4. The van der Waals surface area contributed by atoms with Gasteiger partial charge in [-0.25, -0.2) is 4.98 Å². The lowest BCUT2D eigenvalue weighted by Gasteiger charge is -2.21. The van der Waals surface area contributed by atoms with E-state index < -0.39 is 0 Å². The van der Waals surface area contributed by atoms with Gasteiger partial charge in [0.15, 0.2) is 5.82 Å². The van der Waals surface area contributed by atoms with Crippen molar-refractivity contribution in [1.82, 2.24) is 19.6 Å². The maximum absolute atomic E-state index is 4.84. The van der Waals surface area contributed by atoms with Gasteiger partial charge in [-0.05, 0) is 39.0 Å². The quantitative estimate of drug-likeness (QED) is 0.728. The third kappa shape index (κ3) is 2.11. The summed E-state index contributed by atoms with van der Waals surface area (Å²) in [5.74, 6) is 2.76. The first-order chi connectivity index (χ1) is 11.8. The SMILES string of the molecule is Cc1ccc(-c2nc3nc4c(c(N5CCCC5)n3n2)CCC4)cc1. The van der Waals surface area contributed by atoms with Crippen LogP contribution in [0.25, 0.3) is 17.2 Å². The Labute approximate surface area is 141 Å². The lowest BCUT2D eigenvalue weighted by molar-refractivity contribution is 0.833. The van der Waals surface area contributed by atoms with Gasteiger partial charge in [-0.1, -0.05) is 29.8 Å². The van der Waals surface area contributed by atoms with Crippen molar-refractivity contribution in [2.45, 2.75) is 39.0 Å². The van der Waals surface area contributed by atoms with Gasteiger partial charge in [0.05, 0.1) is 5.69 Å². The number of rotatable bonds is 2. The van der Waals surface area contributed by atoms with Crippen molar-refractivity contribution in [1.29, 1.82) is 0 Å². The lowest BCUT2D eigenvalue weighted by atomic mass is 10.1. The first-order valence-corrected chi connectivity index (χ1v) is 8.90. The Hall–Kier alpha value is -2.43. The Bertz CT molecular complexity index is 904. The molecule has 3 aromatic rings. The molecule has 5 rings (SSSR count). The van der Waals surface area contributed by atoms with Gasteiger partial charge in [-0.2, -0.15) is 9.50 Å².